The molecule has 1 aromatic heterocycles. The van der Waals surface area contributed by atoms with Crippen LogP contribution in [-0.4, -0.2) is 22.2 Å². The van der Waals surface area contributed by atoms with Gasteiger partial charge >= 0.3 is 0 Å². The molecule has 0 spiro atoms. The number of nitrogens with one attached hydrogen (secondary N) is 1. The summed E-state index contributed by atoms with van der Waals surface area (Å²) in [6, 6.07) is 5.92. The Balaban J connectivity index is 2.55. The van der Waals surface area contributed by atoms with Crippen LogP contribution in [0.5, 0.6) is 0 Å². The van der Waals surface area contributed by atoms with Crippen molar-refractivity contribution in [3.8, 4) is 0 Å². The number of nitrogens with zero attached hydrogens (tertiary/aromatic N) is 1. The molecule has 0 aliphatic heterocycles. The van der Waals surface area contributed by atoms with Crippen molar-refractivity contribution in [1.29, 1.82) is 0 Å². The van der Waals surface area contributed by atoms with Gasteiger partial charge in [-0.15, -0.1) is 0 Å². The average Bonchev–Trinajstić information content (AvgIpc) is 2.42. The second-order valence-electron chi connectivity index (χ2n) is 6.41. The van der Waals surface area contributed by atoms with E-state index < -0.39 is 0 Å². The molecule has 1 aromatic rings. The van der Waals surface area contributed by atoms with Gasteiger partial charge in [0, 0.05) is 22.9 Å². The predicted molar refractivity (Wildman–Crippen MR) is 93.5 cm³/mol. The molecule has 5 heteroatoms. The van der Waals surface area contributed by atoms with Crippen molar-refractivity contribution in [2.75, 3.05) is 6.54 Å². The molecular weight excluding hydrogens is 300 g/mol. The lowest BCUT2D eigenvalue weighted by atomic mass is 9.82. The van der Waals surface area contributed by atoms with Gasteiger partial charge in [-0.2, -0.15) is 0 Å². The van der Waals surface area contributed by atoms with Gasteiger partial charge in [-0.25, -0.2) is 4.98 Å². The first-order valence-corrected chi connectivity index (χ1v) is 9.47. The Labute approximate surface area is 136 Å². The van der Waals surface area contributed by atoms with Gasteiger partial charge in [-0.05, 0) is 49.6 Å². The molecule has 3 nitrogen and oxygen atoms in total. The van der Waals surface area contributed by atoms with E-state index in [1.165, 1.54) is 0 Å². The fourth-order valence-electron chi connectivity index (χ4n) is 2.20. The molecule has 0 unspecified atom stereocenters. The number of carbonyl (C=O) groups excluding carboxylic acids is 1. The molecule has 1 rings (SSSR count). The topological polar surface area (TPSA) is 42.0 Å². The highest BCUT2D eigenvalue weighted by molar-refractivity contribution is 8.77. The molecule has 0 aliphatic rings. The summed E-state index contributed by atoms with van der Waals surface area (Å²) in [5.41, 5.74) is -0.365. The summed E-state index contributed by atoms with van der Waals surface area (Å²) in [4.78, 5) is 16.6. The van der Waals surface area contributed by atoms with Crippen LogP contribution in [0.3, 0.4) is 0 Å². The number of hydrogen-bond donors (Lipinski definition) is 1. The third-order valence-corrected chi connectivity index (χ3v) is 6.22. The molecule has 0 atom stereocenters. The molecule has 1 N–H and O–H groups in total. The minimum atomic E-state index is -0.365. The summed E-state index contributed by atoms with van der Waals surface area (Å²) in [7, 11) is 3.45. The zero-order valence-electron chi connectivity index (χ0n) is 13.6. The maximum atomic E-state index is 12.2. The lowest BCUT2D eigenvalue weighted by molar-refractivity contribution is -0.129. The standard InChI is InChI=1S/C16H26N2OS2/c1-6-10-18-14(19)15(2,3)12-16(4,5)21-20-13-9-7-8-11-17-13/h7-9,11H,6,10,12H2,1-5H3,(H,18,19). The molecule has 0 aliphatic carbocycles. The minimum absolute atomic E-state index is 0.00472. The first-order chi connectivity index (χ1) is 9.77. The van der Waals surface area contributed by atoms with Crippen LogP contribution >= 0.6 is 21.6 Å². The smallest absolute Gasteiger partial charge is 0.225 e. The number of pyridine rings is 1. The molecule has 21 heavy (non-hydrogen) atoms. The van der Waals surface area contributed by atoms with Gasteiger partial charge in [0.05, 0.1) is 0 Å². The second-order valence-corrected chi connectivity index (χ2v) is 9.27. The number of aromatic nitrogens is 1. The van der Waals surface area contributed by atoms with Crippen LogP contribution in [0.1, 0.15) is 47.5 Å². The second kappa shape index (κ2) is 8.08. The molecule has 0 aromatic carbocycles. The number of amides is 1. The zero-order chi connectivity index (χ0) is 15.9. The SMILES string of the molecule is CCCNC(=O)C(C)(C)CC(C)(C)SSc1ccccn1. The van der Waals surface area contributed by atoms with Crippen molar-refractivity contribution >= 4 is 27.5 Å². The quantitative estimate of drug-likeness (QED) is 0.712. The van der Waals surface area contributed by atoms with Gasteiger partial charge < -0.3 is 5.32 Å². The Bertz CT molecular complexity index is 447. The molecule has 0 bridgehead atoms. The monoisotopic (exact) mass is 326 g/mol. The van der Waals surface area contributed by atoms with Gasteiger partial charge in [0.25, 0.3) is 0 Å². The van der Waals surface area contributed by atoms with Crippen molar-refractivity contribution in [2.24, 2.45) is 5.41 Å². The van der Waals surface area contributed by atoms with Gasteiger partial charge in [0.1, 0.15) is 5.03 Å². The Morgan fingerprint density at radius 1 is 1.29 bits per heavy atom. The lowest BCUT2D eigenvalue weighted by Gasteiger charge is -2.33. The van der Waals surface area contributed by atoms with Crippen LogP contribution < -0.4 is 5.32 Å². The minimum Gasteiger partial charge on any atom is -0.356 e. The van der Waals surface area contributed by atoms with E-state index >= 15 is 0 Å². The third-order valence-electron chi connectivity index (χ3n) is 3.01. The Morgan fingerprint density at radius 3 is 2.57 bits per heavy atom. The van der Waals surface area contributed by atoms with Crippen LogP contribution in [0.2, 0.25) is 0 Å². The Morgan fingerprint density at radius 2 is 2.00 bits per heavy atom. The zero-order valence-corrected chi connectivity index (χ0v) is 15.2. The number of hydrogen-bond acceptors (Lipinski definition) is 4. The molecule has 0 radical (unpaired) electrons. The molecule has 118 valence electrons. The normalized spacial score (nSPS) is 12.2. The average molecular weight is 327 g/mol. The maximum Gasteiger partial charge on any atom is 0.225 e. The summed E-state index contributed by atoms with van der Waals surface area (Å²) in [5.74, 6) is 0.140. The van der Waals surface area contributed by atoms with Crippen LogP contribution in [-0.2, 0) is 4.79 Å². The molecule has 0 saturated carbocycles. The lowest BCUT2D eigenvalue weighted by Crippen LogP contribution is -2.40. The van der Waals surface area contributed by atoms with Crippen molar-refractivity contribution in [3.63, 3.8) is 0 Å². The molecule has 0 fully saturated rings. The molecule has 0 saturated heterocycles. The number of carbonyl (C=O) groups is 1. The summed E-state index contributed by atoms with van der Waals surface area (Å²) >= 11 is 0. The van der Waals surface area contributed by atoms with Crippen LogP contribution in [0, 0.1) is 5.41 Å². The van der Waals surface area contributed by atoms with Crippen LogP contribution in [0.4, 0.5) is 0 Å². The van der Waals surface area contributed by atoms with E-state index in [0.717, 1.165) is 24.4 Å². The highest BCUT2D eigenvalue weighted by Gasteiger charge is 2.35. The van der Waals surface area contributed by atoms with E-state index in [2.05, 4.69) is 31.1 Å². The van der Waals surface area contributed by atoms with Gasteiger partial charge in [0.15, 0.2) is 0 Å². The van der Waals surface area contributed by atoms with E-state index in [4.69, 9.17) is 0 Å². The summed E-state index contributed by atoms with van der Waals surface area (Å²) in [6.45, 7) is 11.2. The first kappa shape index (κ1) is 18.4. The van der Waals surface area contributed by atoms with Crippen molar-refractivity contribution in [1.82, 2.24) is 10.3 Å². The fourth-order valence-corrected chi connectivity index (χ4v) is 4.58. The van der Waals surface area contributed by atoms with Gasteiger partial charge in [0.2, 0.25) is 5.91 Å². The highest BCUT2D eigenvalue weighted by atomic mass is 33.1. The fraction of sp³-hybridized carbons (Fsp3) is 0.625. The van der Waals surface area contributed by atoms with Crippen molar-refractivity contribution in [2.45, 2.75) is 57.2 Å². The van der Waals surface area contributed by atoms with E-state index in [1.807, 2.05) is 32.0 Å². The van der Waals surface area contributed by atoms with Gasteiger partial charge in [-0.1, -0.05) is 37.6 Å². The summed E-state index contributed by atoms with van der Waals surface area (Å²) in [5, 5.41) is 4.01. The van der Waals surface area contributed by atoms with Crippen molar-refractivity contribution in [3.05, 3.63) is 24.4 Å². The van der Waals surface area contributed by atoms with E-state index in [-0.39, 0.29) is 16.1 Å². The number of rotatable bonds is 8. The molecule has 1 amide bonds. The largest absolute Gasteiger partial charge is 0.356 e. The summed E-state index contributed by atoms with van der Waals surface area (Å²) in [6.07, 6.45) is 3.59. The van der Waals surface area contributed by atoms with E-state index in [1.54, 1.807) is 27.8 Å². The highest BCUT2D eigenvalue weighted by Crippen LogP contribution is 2.45. The molecular formula is C16H26N2OS2. The van der Waals surface area contributed by atoms with E-state index in [9.17, 15) is 4.79 Å². The summed E-state index contributed by atoms with van der Waals surface area (Å²) < 4.78 is -0.00472. The van der Waals surface area contributed by atoms with Crippen LogP contribution in [0.15, 0.2) is 29.4 Å². The predicted octanol–water partition coefficient (Wildman–Crippen LogP) is 4.54. The van der Waals surface area contributed by atoms with E-state index in [0.29, 0.717) is 0 Å². The Kier molecular flexibility index (Phi) is 7.07. The van der Waals surface area contributed by atoms with Gasteiger partial charge in [-0.3, -0.25) is 4.79 Å². The third kappa shape index (κ3) is 6.74. The van der Waals surface area contributed by atoms with Crippen LogP contribution in [0.25, 0.3) is 0 Å². The Hall–Kier alpha value is -0.680. The van der Waals surface area contributed by atoms with Crippen molar-refractivity contribution < 1.29 is 4.79 Å². The first-order valence-electron chi connectivity index (χ1n) is 7.32. The molecule has 1 heterocycles. The maximum absolute atomic E-state index is 12.2.